The number of rotatable bonds is 5. The lowest BCUT2D eigenvalue weighted by Gasteiger charge is -2.32. The molecule has 5 nitrogen and oxygen atoms in total. The van der Waals surface area contributed by atoms with Crippen LogP contribution in [0.3, 0.4) is 0 Å². The molecule has 0 bridgehead atoms. The van der Waals surface area contributed by atoms with Gasteiger partial charge in [-0.1, -0.05) is 61.2 Å². The maximum absolute atomic E-state index is 9.60. The molecule has 2 aromatic carbocycles. The lowest BCUT2D eigenvalue weighted by atomic mass is 9.35. The van der Waals surface area contributed by atoms with Crippen LogP contribution < -0.4 is 10.9 Å². The Morgan fingerprint density at radius 2 is 1.58 bits per heavy atom. The van der Waals surface area contributed by atoms with E-state index in [2.05, 4.69) is 24.8 Å². The molecule has 1 fully saturated rings. The highest BCUT2D eigenvalue weighted by Crippen LogP contribution is 2.23. The van der Waals surface area contributed by atoms with Crippen molar-refractivity contribution in [1.29, 1.82) is 15.8 Å². The lowest BCUT2D eigenvalue weighted by molar-refractivity contribution is 0.440. The third-order valence-electron chi connectivity index (χ3n) is 5.10. The summed E-state index contributed by atoms with van der Waals surface area (Å²) >= 11 is 0. The Balaban J connectivity index is 2.13. The van der Waals surface area contributed by atoms with Crippen LogP contribution in [0.25, 0.3) is 0 Å². The molecule has 0 atom stereocenters. The van der Waals surface area contributed by atoms with Crippen molar-refractivity contribution in [2.45, 2.75) is 13.1 Å². The van der Waals surface area contributed by atoms with Gasteiger partial charge in [-0.2, -0.15) is 15.8 Å². The molecular formula is C23H18B3N3O2. The van der Waals surface area contributed by atoms with Gasteiger partial charge in [0, 0.05) is 11.1 Å². The van der Waals surface area contributed by atoms with Gasteiger partial charge >= 0.3 is 20.9 Å². The smallest absolute Gasteiger partial charge is 0.464 e. The van der Waals surface area contributed by atoms with Crippen molar-refractivity contribution in [3.05, 3.63) is 95.5 Å². The summed E-state index contributed by atoms with van der Waals surface area (Å²) in [6, 6.07) is 20.9. The minimum absolute atomic E-state index is 0.405. The van der Waals surface area contributed by atoms with Crippen LogP contribution in [0, 0.1) is 34.0 Å². The SMILES string of the molecule is C=C/C(C#N)=C(\C=C/C)B1CB(c2ccccc2C#N)OB(c2ccccc2C#N)O1. The highest BCUT2D eigenvalue weighted by atomic mass is 16.6. The Morgan fingerprint density at radius 3 is 2.16 bits per heavy atom. The van der Waals surface area contributed by atoms with E-state index in [1.54, 1.807) is 30.3 Å². The fraction of sp³-hybridized carbons (Fsp3) is 0.0870. The largest absolute Gasteiger partial charge is 0.468 e. The van der Waals surface area contributed by atoms with Gasteiger partial charge in [-0.15, -0.1) is 0 Å². The number of hydrogen-bond donors (Lipinski definition) is 0. The van der Waals surface area contributed by atoms with E-state index in [1.807, 2.05) is 37.3 Å². The second-order valence-corrected chi connectivity index (χ2v) is 6.90. The minimum atomic E-state index is -0.837. The summed E-state index contributed by atoms with van der Waals surface area (Å²) in [5, 5.41) is 28.7. The predicted molar refractivity (Wildman–Crippen MR) is 123 cm³/mol. The summed E-state index contributed by atoms with van der Waals surface area (Å²) < 4.78 is 12.5. The van der Waals surface area contributed by atoms with Gasteiger partial charge < -0.3 is 9.14 Å². The molecule has 3 rings (SSSR count). The fourth-order valence-corrected chi connectivity index (χ4v) is 3.65. The van der Waals surface area contributed by atoms with Gasteiger partial charge in [0.25, 0.3) is 0 Å². The van der Waals surface area contributed by atoms with Crippen LogP contribution in [-0.4, -0.2) is 20.9 Å². The Morgan fingerprint density at radius 1 is 0.968 bits per heavy atom. The maximum Gasteiger partial charge on any atom is 0.464 e. The minimum Gasteiger partial charge on any atom is -0.468 e. The second-order valence-electron chi connectivity index (χ2n) is 6.90. The van der Waals surface area contributed by atoms with Crippen LogP contribution in [-0.2, 0) is 9.14 Å². The molecule has 1 heterocycles. The number of nitrogens with zero attached hydrogens (tertiary/aromatic N) is 3. The van der Waals surface area contributed by atoms with Crippen LogP contribution in [0.5, 0.6) is 0 Å². The zero-order valence-electron chi connectivity index (χ0n) is 17.2. The molecule has 0 N–H and O–H groups in total. The van der Waals surface area contributed by atoms with E-state index in [9.17, 15) is 15.8 Å². The van der Waals surface area contributed by atoms with Crippen molar-refractivity contribution >= 4 is 31.9 Å². The van der Waals surface area contributed by atoms with Gasteiger partial charge in [-0.3, -0.25) is 0 Å². The first-order chi connectivity index (χ1) is 15.2. The second kappa shape index (κ2) is 10.3. The third kappa shape index (κ3) is 4.71. The molecule has 1 aliphatic rings. The molecule has 0 saturated carbocycles. The molecule has 1 saturated heterocycles. The zero-order chi connectivity index (χ0) is 22.2. The number of allylic oxidation sites excluding steroid dienone is 5. The molecule has 31 heavy (non-hydrogen) atoms. The summed E-state index contributed by atoms with van der Waals surface area (Å²) in [5.74, 6) is 0. The van der Waals surface area contributed by atoms with Gasteiger partial charge in [-0.05, 0) is 41.7 Å². The van der Waals surface area contributed by atoms with E-state index in [4.69, 9.17) is 9.14 Å². The van der Waals surface area contributed by atoms with Gasteiger partial charge in [0.2, 0.25) is 0 Å². The van der Waals surface area contributed by atoms with Gasteiger partial charge in [0.1, 0.15) is 0 Å². The van der Waals surface area contributed by atoms with Gasteiger partial charge in [0.05, 0.1) is 23.8 Å². The highest BCUT2D eigenvalue weighted by molar-refractivity contribution is 6.93. The van der Waals surface area contributed by atoms with Crippen molar-refractivity contribution in [2.75, 3.05) is 0 Å². The average Bonchev–Trinajstić information content (AvgIpc) is 2.83. The van der Waals surface area contributed by atoms with Crippen LogP contribution in [0.4, 0.5) is 0 Å². The van der Waals surface area contributed by atoms with Gasteiger partial charge in [-0.25, -0.2) is 0 Å². The van der Waals surface area contributed by atoms with Crippen LogP contribution >= 0.6 is 0 Å². The molecule has 0 spiro atoms. The maximum atomic E-state index is 9.60. The van der Waals surface area contributed by atoms with E-state index in [0.29, 0.717) is 33.9 Å². The molecule has 0 amide bonds. The Kier molecular flexibility index (Phi) is 7.31. The average molecular weight is 401 g/mol. The lowest BCUT2D eigenvalue weighted by Crippen LogP contribution is -2.57. The summed E-state index contributed by atoms with van der Waals surface area (Å²) in [7, 11) is -0.837. The molecule has 2 aromatic rings. The molecule has 8 heteroatoms. The van der Waals surface area contributed by atoms with E-state index in [-0.39, 0.29) is 0 Å². The Labute approximate surface area is 183 Å². The molecule has 0 radical (unpaired) electrons. The first kappa shape index (κ1) is 21.9. The Hall–Kier alpha value is -3.76. The highest BCUT2D eigenvalue weighted by Gasteiger charge is 2.43. The Bertz CT molecular complexity index is 1110. The normalized spacial score (nSPS) is 14.5. The number of benzene rings is 2. The monoisotopic (exact) mass is 401 g/mol. The van der Waals surface area contributed by atoms with Gasteiger partial charge in [0.15, 0.2) is 0 Å². The summed E-state index contributed by atoms with van der Waals surface area (Å²) in [6.07, 6.45) is 5.58. The number of hydrogen-bond acceptors (Lipinski definition) is 5. The van der Waals surface area contributed by atoms with Crippen LogP contribution in [0.2, 0.25) is 6.22 Å². The molecule has 146 valence electrons. The molecule has 0 unspecified atom stereocenters. The fourth-order valence-electron chi connectivity index (χ4n) is 3.65. The molecule has 1 aliphatic heterocycles. The van der Waals surface area contributed by atoms with E-state index < -0.39 is 20.9 Å². The van der Waals surface area contributed by atoms with Crippen molar-refractivity contribution in [2.24, 2.45) is 0 Å². The topological polar surface area (TPSA) is 89.8 Å². The molecule has 0 aromatic heterocycles. The van der Waals surface area contributed by atoms with Crippen molar-refractivity contribution in [3.8, 4) is 18.2 Å². The molecular weight excluding hydrogens is 383 g/mol. The summed E-state index contributed by atoms with van der Waals surface area (Å²) in [5.41, 5.74) is 3.40. The quantitative estimate of drug-likeness (QED) is 0.437. The van der Waals surface area contributed by atoms with Crippen LogP contribution in [0.1, 0.15) is 18.1 Å². The molecule has 0 aliphatic carbocycles. The third-order valence-corrected chi connectivity index (χ3v) is 5.10. The predicted octanol–water partition coefficient (Wildman–Crippen LogP) is 2.72. The van der Waals surface area contributed by atoms with Crippen LogP contribution in [0.15, 0.2) is 84.4 Å². The van der Waals surface area contributed by atoms with E-state index in [0.717, 1.165) is 5.46 Å². The standard InChI is InChI=1S/C23H18B3N3O2/c1-3-9-21(18(4-2)14-27)24-17-25(22-12-7-5-10-19(22)15-28)31-26(30-24)23-13-8-6-11-20(23)16-29/h3-13H,2,17H2,1H3/b9-3-,21-18-. The number of nitriles is 3. The van der Waals surface area contributed by atoms with Crippen molar-refractivity contribution in [3.63, 3.8) is 0 Å². The van der Waals surface area contributed by atoms with Crippen molar-refractivity contribution < 1.29 is 9.14 Å². The van der Waals surface area contributed by atoms with E-state index >= 15 is 0 Å². The first-order valence-electron chi connectivity index (χ1n) is 9.85. The first-order valence-corrected chi connectivity index (χ1v) is 9.85. The van der Waals surface area contributed by atoms with E-state index in [1.165, 1.54) is 6.08 Å². The van der Waals surface area contributed by atoms with Crippen molar-refractivity contribution in [1.82, 2.24) is 0 Å². The zero-order valence-corrected chi connectivity index (χ0v) is 17.2. The summed E-state index contributed by atoms with van der Waals surface area (Å²) in [4.78, 5) is 0. The summed E-state index contributed by atoms with van der Waals surface area (Å²) in [6.45, 7) is 4.66.